The fraction of sp³-hybridized carbons (Fsp3) is 0.100. The van der Waals surface area contributed by atoms with Gasteiger partial charge >= 0.3 is 0 Å². The summed E-state index contributed by atoms with van der Waals surface area (Å²) in [5.74, 6) is 0. The molecule has 0 radical (unpaired) electrons. The van der Waals surface area contributed by atoms with E-state index in [2.05, 4.69) is 159 Å². The lowest BCUT2D eigenvalue weighted by Gasteiger charge is -2.20. The normalized spacial score (nSPS) is 12.2. The lowest BCUT2D eigenvalue weighted by atomic mass is 9.86. The van der Waals surface area contributed by atoms with Crippen molar-refractivity contribution in [1.29, 1.82) is 0 Å². The average molecular weight is 558 g/mol. The molecule has 0 atom stereocenters. The van der Waals surface area contributed by atoms with Gasteiger partial charge in [-0.1, -0.05) is 124 Å². The maximum Gasteiger partial charge on any atom is 0.0541 e. The zero-order valence-corrected chi connectivity index (χ0v) is 24.9. The predicted octanol–water partition coefficient (Wildman–Crippen LogP) is 11.8. The van der Waals surface area contributed by atoms with E-state index in [0.29, 0.717) is 0 Å². The molecule has 8 aromatic rings. The fourth-order valence-electron chi connectivity index (χ4n) is 6.51. The topological polar surface area (TPSA) is 4.93 Å². The Labute approximate surface area is 250 Å². The molecule has 6 aromatic carbocycles. The molecular weight excluding hydrogens is 527 g/mol. The smallest absolute Gasteiger partial charge is 0.0541 e. The highest BCUT2D eigenvalue weighted by Gasteiger charge is 2.21. The minimum atomic E-state index is 0.0852. The van der Waals surface area contributed by atoms with Crippen LogP contribution >= 0.6 is 11.3 Å². The third-order valence-electron chi connectivity index (χ3n) is 8.60. The summed E-state index contributed by atoms with van der Waals surface area (Å²) in [7, 11) is 0. The number of rotatable bonds is 3. The minimum absolute atomic E-state index is 0.0852. The molecule has 0 saturated heterocycles. The molecule has 2 heteroatoms. The van der Waals surface area contributed by atoms with Gasteiger partial charge in [0.15, 0.2) is 0 Å². The Bertz CT molecular complexity index is 2290. The van der Waals surface area contributed by atoms with Crippen LogP contribution in [-0.4, -0.2) is 4.57 Å². The third-order valence-corrected chi connectivity index (χ3v) is 9.82. The Balaban J connectivity index is 1.40. The van der Waals surface area contributed by atoms with Gasteiger partial charge in [-0.3, -0.25) is 0 Å². The number of fused-ring (bicyclic) bond motifs is 6. The maximum absolute atomic E-state index is 2.46. The summed E-state index contributed by atoms with van der Waals surface area (Å²) >= 11 is 1.89. The lowest BCUT2D eigenvalue weighted by molar-refractivity contribution is 0.591. The molecule has 0 unspecified atom stereocenters. The van der Waals surface area contributed by atoms with Gasteiger partial charge in [0.2, 0.25) is 0 Å². The van der Waals surface area contributed by atoms with Crippen LogP contribution in [0.15, 0.2) is 133 Å². The van der Waals surface area contributed by atoms with Gasteiger partial charge in [0.25, 0.3) is 0 Å². The van der Waals surface area contributed by atoms with E-state index >= 15 is 0 Å². The van der Waals surface area contributed by atoms with Gasteiger partial charge in [-0.15, -0.1) is 11.3 Å². The van der Waals surface area contributed by atoms with Crippen LogP contribution in [0.2, 0.25) is 0 Å². The summed E-state index contributed by atoms with van der Waals surface area (Å²) in [6.45, 7) is 6.87. The van der Waals surface area contributed by atoms with Crippen LogP contribution in [0.25, 0.3) is 69.9 Å². The van der Waals surface area contributed by atoms with Gasteiger partial charge in [-0.2, -0.15) is 0 Å². The number of nitrogens with zero attached hydrogens (tertiary/aromatic N) is 1. The number of benzene rings is 6. The number of thiophene rings is 1. The van der Waals surface area contributed by atoms with Crippen LogP contribution in [0, 0.1) is 0 Å². The van der Waals surface area contributed by atoms with Crippen molar-refractivity contribution < 1.29 is 0 Å². The van der Waals surface area contributed by atoms with Gasteiger partial charge in [-0.05, 0) is 52.4 Å². The molecule has 202 valence electrons. The highest BCUT2D eigenvalue weighted by Crippen LogP contribution is 2.44. The van der Waals surface area contributed by atoms with Crippen molar-refractivity contribution in [2.24, 2.45) is 0 Å². The molecule has 0 saturated carbocycles. The highest BCUT2D eigenvalue weighted by molar-refractivity contribution is 7.26. The van der Waals surface area contributed by atoms with Crippen LogP contribution in [0.1, 0.15) is 26.3 Å². The van der Waals surface area contributed by atoms with Gasteiger partial charge in [0.1, 0.15) is 0 Å². The SMILES string of the molecule is CC(C)(C)c1ccc2c(c1)c1ccccc1n2-c1ccccc1-c1ccccc1-c1cccc2c1sc1ccccc12. The van der Waals surface area contributed by atoms with Crippen molar-refractivity contribution in [2.45, 2.75) is 26.2 Å². The molecule has 0 spiro atoms. The summed E-state index contributed by atoms with van der Waals surface area (Å²) in [4.78, 5) is 0. The maximum atomic E-state index is 2.46. The van der Waals surface area contributed by atoms with Crippen molar-refractivity contribution in [3.05, 3.63) is 139 Å². The Morgan fingerprint density at radius 2 is 1.07 bits per heavy atom. The Morgan fingerprint density at radius 1 is 0.476 bits per heavy atom. The standard InChI is InChI=1S/C40H31NS/c1-40(2,3)26-23-24-37-34(25-26)30-16-7-10-21-36(30)41(37)35-20-9-6-15-29(35)27-13-4-5-14-28(27)32-18-12-19-33-31-17-8-11-22-38(31)42-39(32)33/h4-25H,1-3H3. The van der Waals surface area contributed by atoms with Crippen molar-refractivity contribution in [3.63, 3.8) is 0 Å². The van der Waals surface area contributed by atoms with Gasteiger partial charge in [0.05, 0.1) is 16.7 Å². The molecule has 0 fully saturated rings. The zero-order valence-electron chi connectivity index (χ0n) is 24.1. The van der Waals surface area contributed by atoms with E-state index < -0.39 is 0 Å². The van der Waals surface area contributed by atoms with E-state index in [4.69, 9.17) is 0 Å². The largest absolute Gasteiger partial charge is 0.309 e. The molecule has 0 bridgehead atoms. The Morgan fingerprint density at radius 3 is 1.88 bits per heavy atom. The first-order valence-corrected chi connectivity index (χ1v) is 15.4. The van der Waals surface area contributed by atoms with Crippen LogP contribution < -0.4 is 0 Å². The van der Waals surface area contributed by atoms with Crippen molar-refractivity contribution in [2.75, 3.05) is 0 Å². The quantitative estimate of drug-likeness (QED) is 0.204. The summed E-state index contributed by atoms with van der Waals surface area (Å²) in [6, 6.07) is 49.1. The second-order valence-electron chi connectivity index (χ2n) is 12.2. The second-order valence-corrected chi connectivity index (χ2v) is 13.2. The van der Waals surface area contributed by atoms with Gasteiger partial charge in [0, 0.05) is 42.1 Å². The summed E-state index contributed by atoms with van der Waals surface area (Å²) in [5.41, 5.74) is 10.1. The van der Waals surface area contributed by atoms with E-state index in [1.54, 1.807) is 0 Å². The van der Waals surface area contributed by atoms with Crippen LogP contribution in [0.5, 0.6) is 0 Å². The average Bonchev–Trinajstić information content (AvgIpc) is 3.56. The summed E-state index contributed by atoms with van der Waals surface area (Å²) in [6.07, 6.45) is 0. The molecule has 42 heavy (non-hydrogen) atoms. The molecule has 1 nitrogen and oxygen atoms in total. The van der Waals surface area contributed by atoms with Crippen LogP contribution in [-0.2, 0) is 5.41 Å². The molecule has 0 aliphatic carbocycles. The van der Waals surface area contributed by atoms with Crippen LogP contribution in [0.4, 0.5) is 0 Å². The molecule has 0 aliphatic rings. The van der Waals surface area contributed by atoms with Crippen molar-refractivity contribution in [1.82, 2.24) is 4.57 Å². The number of hydrogen-bond donors (Lipinski definition) is 0. The van der Waals surface area contributed by atoms with Gasteiger partial charge in [-0.25, -0.2) is 0 Å². The summed E-state index contributed by atoms with van der Waals surface area (Å²) < 4.78 is 5.14. The molecule has 2 heterocycles. The van der Waals surface area contributed by atoms with E-state index in [1.165, 1.54) is 75.5 Å². The molecule has 2 aromatic heterocycles. The number of para-hydroxylation sites is 2. The lowest BCUT2D eigenvalue weighted by Crippen LogP contribution is -2.10. The Kier molecular flexibility index (Phi) is 5.64. The molecule has 0 aliphatic heterocycles. The number of aromatic nitrogens is 1. The first-order valence-electron chi connectivity index (χ1n) is 14.6. The van der Waals surface area contributed by atoms with E-state index in [9.17, 15) is 0 Å². The van der Waals surface area contributed by atoms with Crippen LogP contribution in [0.3, 0.4) is 0 Å². The fourth-order valence-corrected chi connectivity index (χ4v) is 7.74. The molecule has 8 rings (SSSR count). The third kappa shape index (κ3) is 3.83. The van der Waals surface area contributed by atoms with E-state index in [-0.39, 0.29) is 5.41 Å². The highest BCUT2D eigenvalue weighted by atomic mass is 32.1. The predicted molar refractivity (Wildman–Crippen MR) is 183 cm³/mol. The molecule has 0 N–H and O–H groups in total. The first-order chi connectivity index (χ1) is 20.5. The zero-order chi connectivity index (χ0) is 28.4. The van der Waals surface area contributed by atoms with Crippen molar-refractivity contribution in [3.8, 4) is 27.9 Å². The second kappa shape index (κ2) is 9.44. The first kappa shape index (κ1) is 25.1. The van der Waals surface area contributed by atoms with Crippen molar-refractivity contribution >= 4 is 53.3 Å². The number of hydrogen-bond acceptors (Lipinski definition) is 1. The monoisotopic (exact) mass is 557 g/mol. The van der Waals surface area contributed by atoms with E-state index in [1.807, 2.05) is 11.3 Å². The molecular formula is C40H31NS. The van der Waals surface area contributed by atoms with Gasteiger partial charge < -0.3 is 4.57 Å². The Hall–Kier alpha value is -4.66. The minimum Gasteiger partial charge on any atom is -0.309 e. The van der Waals surface area contributed by atoms with E-state index in [0.717, 1.165) is 0 Å². The summed E-state index contributed by atoms with van der Waals surface area (Å²) in [5, 5.41) is 5.25. The molecule has 0 amide bonds.